The summed E-state index contributed by atoms with van der Waals surface area (Å²) in [6.07, 6.45) is 2.98. The summed E-state index contributed by atoms with van der Waals surface area (Å²) in [5.74, 6) is 1.40. The molecule has 1 aromatic rings. The number of nitrogens with zero attached hydrogens (tertiary/aromatic N) is 5. The van der Waals surface area contributed by atoms with Gasteiger partial charge in [-0.1, -0.05) is 0 Å². The Labute approximate surface area is 144 Å². The van der Waals surface area contributed by atoms with Crippen molar-refractivity contribution in [1.29, 1.82) is 0 Å². The maximum atomic E-state index is 5.89. The fraction of sp³-hybridized carbons (Fsp3) is 0.714. The third kappa shape index (κ3) is 4.32. The average Bonchev–Trinajstić information content (AvgIpc) is 2.96. The lowest BCUT2D eigenvalue weighted by Gasteiger charge is -2.24. The van der Waals surface area contributed by atoms with E-state index in [1.54, 1.807) is 0 Å². The molecular weight excluding hydrogens is 381 g/mol. The average molecular weight is 407 g/mol. The Balaban J connectivity index is 0.00000220. The van der Waals surface area contributed by atoms with Crippen molar-refractivity contribution in [3.8, 4) is 0 Å². The van der Waals surface area contributed by atoms with Crippen molar-refractivity contribution in [3.63, 3.8) is 0 Å². The molecule has 7 heteroatoms. The highest BCUT2D eigenvalue weighted by atomic mass is 127. The number of guanidine groups is 1. The van der Waals surface area contributed by atoms with Crippen LogP contribution in [0, 0.1) is 5.92 Å². The van der Waals surface area contributed by atoms with Crippen LogP contribution in [0.2, 0.25) is 0 Å². The molecule has 2 rings (SSSR count). The largest absolute Gasteiger partial charge is 0.372 e. The van der Waals surface area contributed by atoms with E-state index in [1.165, 1.54) is 0 Å². The van der Waals surface area contributed by atoms with Crippen molar-refractivity contribution in [2.75, 3.05) is 41.3 Å². The van der Waals surface area contributed by atoms with Crippen molar-refractivity contribution in [2.45, 2.75) is 12.5 Å². The van der Waals surface area contributed by atoms with E-state index in [2.05, 4.69) is 5.10 Å². The van der Waals surface area contributed by atoms with Crippen molar-refractivity contribution in [3.05, 3.63) is 18.0 Å². The van der Waals surface area contributed by atoms with Gasteiger partial charge in [0.05, 0.1) is 5.69 Å². The fourth-order valence-corrected chi connectivity index (χ4v) is 2.69. The predicted octanol–water partition coefficient (Wildman–Crippen LogP) is 1.59. The van der Waals surface area contributed by atoms with Gasteiger partial charge in [-0.2, -0.15) is 5.10 Å². The summed E-state index contributed by atoms with van der Waals surface area (Å²) in [4.78, 5) is 8.83. The van der Waals surface area contributed by atoms with Gasteiger partial charge in [-0.3, -0.25) is 9.67 Å². The Hall–Kier alpha value is -0.830. The lowest BCUT2D eigenvalue weighted by molar-refractivity contribution is 0.0858. The number of rotatable bonds is 3. The summed E-state index contributed by atoms with van der Waals surface area (Å²) in [6, 6.07) is 2.03. The molecule has 0 spiro atoms. The molecule has 1 saturated heterocycles. The normalized spacial score (nSPS) is 20.8. The molecular formula is C14H26IN5O. The minimum Gasteiger partial charge on any atom is -0.372 e. The zero-order valence-electron chi connectivity index (χ0n) is 13.5. The molecule has 6 nitrogen and oxygen atoms in total. The first-order chi connectivity index (χ1) is 9.50. The van der Waals surface area contributed by atoms with Gasteiger partial charge in [0.1, 0.15) is 6.10 Å². The van der Waals surface area contributed by atoms with Crippen LogP contribution in [0.25, 0.3) is 0 Å². The van der Waals surface area contributed by atoms with E-state index < -0.39 is 0 Å². The highest BCUT2D eigenvalue weighted by Crippen LogP contribution is 2.34. The smallest absolute Gasteiger partial charge is 0.195 e. The van der Waals surface area contributed by atoms with E-state index in [4.69, 9.17) is 9.73 Å². The summed E-state index contributed by atoms with van der Waals surface area (Å²) in [5.41, 5.74) is 1.14. The first-order valence-corrected chi connectivity index (χ1v) is 6.99. The van der Waals surface area contributed by atoms with Crippen LogP contribution in [0.5, 0.6) is 0 Å². The number of ether oxygens (including phenoxy) is 1. The number of hydrogen-bond acceptors (Lipinski definition) is 3. The number of aromatic nitrogens is 2. The topological polar surface area (TPSA) is 45.9 Å². The molecule has 0 aliphatic carbocycles. The molecule has 0 saturated carbocycles. The fourth-order valence-electron chi connectivity index (χ4n) is 2.69. The van der Waals surface area contributed by atoms with Crippen LogP contribution in [0.4, 0.5) is 0 Å². The molecule has 2 heterocycles. The summed E-state index contributed by atoms with van der Waals surface area (Å²) >= 11 is 0. The van der Waals surface area contributed by atoms with Gasteiger partial charge in [-0.25, -0.2) is 0 Å². The van der Waals surface area contributed by atoms with Crippen LogP contribution in [0.3, 0.4) is 0 Å². The van der Waals surface area contributed by atoms with E-state index in [0.29, 0.717) is 5.92 Å². The Kier molecular flexibility index (Phi) is 6.92. The van der Waals surface area contributed by atoms with Gasteiger partial charge in [0.2, 0.25) is 0 Å². The molecule has 120 valence electrons. The molecule has 21 heavy (non-hydrogen) atoms. The van der Waals surface area contributed by atoms with Crippen molar-refractivity contribution >= 4 is 29.9 Å². The van der Waals surface area contributed by atoms with Crippen LogP contribution in [0.1, 0.15) is 18.2 Å². The lowest BCUT2D eigenvalue weighted by atomic mass is 9.99. The highest BCUT2D eigenvalue weighted by molar-refractivity contribution is 14.0. The molecule has 0 unspecified atom stereocenters. The molecule has 0 N–H and O–H groups in total. The van der Waals surface area contributed by atoms with Crippen molar-refractivity contribution in [1.82, 2.24) is 19.6 Å². The first-order valence-electron chi connectivity index (χ1n) is 6.99. The molecule has 1 fully saturated rings. The van der Waals surface area contributed by atoms with E-state index in [-0.39, 0.29) is 30.1 Å². The van der Waals surface area contributed by atoms with E-state index in [1.807, 2.05) is 62.0 Å². The molecule has 0 radical (unpaired) electrons. The van der Waals surface area contributed by atoms with Crippen LogP contribution >= 0.6 is 24.0 Å². The number of aliphatic imine (C=N–C) groups is 1. The van der Waals surface area contributed by atoms with Crippen molar-refractivity contribution in [2.24, 2.45) is 18.0 Å². The highest BCUT2D eigenvalue weighted by Gasteiger charge is 2.31. The Morgan fingerprint density at radius 3 is 2.57 bits per heavy atom. The van der Waals surface area contributed by atoms with Gasteiger partial charge in [0.25, 0.3) is 0 Å². The minimum atomic E-state index is 0. The molecule has 1 aliphatic rings. The molecule has 0 bridgehead atoms. The summed E-state index contributed by atoms with van der Waals surface area (Å²) in [7, 11) is 10.0. The summed E-state index contributed by atoms with van der Waals surface area (Å²) in [5, 5.41) is 4.23. The van der Waals surface area contributed by atoms with Crippen LogP contribution < -0.4 is 0 Å². The molecule has 0 aromatic carbocycles. The van der Waals surface area contributed by atoms with Crippen LogP contribution in [-0.4, -0.2) is 66.9 Å². The van der Waals surface area contributed by atoms with Crippen molar-refractivity contribution < 1.29 is 4.74 Å². The van der Waals surface area contributed by atoms with Gasteiger partial charge in [-0.15, -0.1) is 24.0 Å². The summed E-state index contributed by atoms with van der Waals surface area (Å²) in [6.45, 7) is 1.58. The second-order valence-corrected chi connectivity index (χ2v) is 5.65. The van der Waals surface area contributed by atoms with E-state index in [9.17, 15) is 0 Å². The molecule has 2 atom stereocenters. The standard InChI is InChI=1S/C14H25N5O.HI/c1-17(2)14(18(3)4)15-10-11-7-9-20-13(11)12-6-8-16-19(12)5;/h6,8,11,13H,7,9-10H2,1-5H3;1H/t11-,13+;/m0./s1. The number of hydrogen-bond donors (Lipinski definition) is 0. The third-order valence-electron chi connectivity index (χ3n) is 3.63. The monoisotopic (exact) mass is 407 g/mol. The molecule has 0 amide bonds. The maximum absolute atomic E-state index is 5.89. The number of aryl methyl sites for hydroxylation is 1. The molecule has 1 aliphatic heterocycles. The van der Waals surface area contributed by atoms with Gasteiger partial charge in [-0.05, 0) is 12.5 Å². The van der Waals surface area contributed by atoms with Crippen LogP contribution in [0.15, 0.2) is 17.3 Å². The SMILES string of the molecule is CN(C)C(=NC[C@@H]1CCO[C@H]1c1ccnn1C)N(C)C.I. The second kappa shape index (κ2) is 7.98. The minimum absolute atomic E-state index is 0. The van der Waals surface area contributed by atoms with E-state index >= 15 is 0 Å². The predicted molar refractivity (Wildman–Crippen MR) is 95.1 cm³/mol. The quantitative estimate of drug-likeness (QED) is 0.434. The van der Waals surface area contributed by atoms with E-state index in [0.717, 1.165) is 31.2 Å². The Morgan fingerprint density at radius 1 is 1.38 bits per heavy atom. The van der Waals surface area contributed by atoms with Gasteiger partial charge in [0, 0.05) is 60.5 Å². The zero-order valence-corrected chi connectivity index (χ0v) is 15.8. The zero-order chi connectivity index (χ0) is 14.7. The maximum Gasteiger partial charge on any atom is 0.195 e. The number of halogens is 1. The van der Waals surface area contributed by atoms with Gasteiger partial charge in [0.15, 0.2) is 5.96 Å². The lowest BCUT2D eigenvalue weighted by Crippen LogP contribution is -2.36. The third-order valence-corrected chi connectivity index (χ3v) is 3.63. The Morgan fingerprint density at radius 2 is 2.05 bits per heavy atom. The first kappa shape index (κ1) is 18.2. The Bertz CT molecular complexity index is 462. The van der Waals surface area contributed by atoms with Gasteiger partial charge < -0.3 is 14.5 Å². The molecule has 1 aromatic heterocycles. The second-order valence-electron chi connectivity index (χ2n) is 5.65. The van der Waals surface area contributed by atoms with Gasteiger partial charge >= 0.3 is 0 Å². The van der Waals surface area contributed by atoms with Crippen LogP contribution in [-0.2, 0) is 11.8 Å². The summed E-state index contributed by atoms with van der Waals surface area (Å²) < 4.78 is 7.78.